The first-order valence-corrected chi connectivity index (χ1v) is 11.0. The monoisotopic (exact) mass is 433 g/mol. The van der Waals surface area contributed by atoms with Crippen LogP contribution in [0.5, 0.6) is 5.75 Å². The third-order valence-electron chi connectivity index (χ3n) is 4.89. The third-order valence-corrected chi connectivity index (χ3v) is 5.81. The number of ether oxygens (including phenoxy) is 1. The van der Waals surface area contributed by atoms with Gasteiger partial charge in [-0.05, 0) is 30.2 Å². The molecular weight excluding hydrogens is 410 g/mol. The van der Waals surface area contributed by atoms with Gasteiger partial charge in [-0.1, -0.05) is 61.2 Å². The molecule has 8 heteroatoms. The smallest absolute Gasteiger partial charge is 0.230 e. The maximum atomic E-state index is 12.3. The Labute approximate surface area is 184 Å². The second-order valence-corrected chi connectivity index (χ2v) is 7.84. The lowest BCUT2D eigenvalue weighted by Crippen LogP contribution is -2.24. The molecule has 1 N–H and O–H groups in total. The van der Waals surface area contributed by atoms with Crippen LogP contribution in [-0.4, -0.2) is 38.6 Å². The zero-order valence-corrected chi connectivity index (χ0v) is 18.2. The van der Waals surface area contributed by atoms with Crippen LogP contribution in [0, 0.1) is 0 Å². The van der Waals surface area contributed by atoms with Crippen molar-refractivity contribution in [2.24, 2.45) is 0 Å². The van der Waals surface area contributed by atoms with Gasteiger partial charge in [0.05, 0.1) is 18.6 Å². The summed E-state index contributed by atoms with van der Waals surface area (Å²) < 4.78 is 7.00. The minimum Gasteiger partial charge on any atom is -0.496 e. The number of fused-ring (bicyclic) bond motifs is 1. The molecule has 2 aromatic heterocycles. The number of para-hydroxylation sites is 1. The number of hydrogen-bond donors (Lipinski definition) is 1. The number of rotatable bonds is 8. The van der Waals surface area contributed by atoms with Gasteiger partial charge in [0.25, 0.3) is 0 Å². The lowest BCUT2D eigenvalue weighted by molar-refractivity contribution is -0.118. The van der Waals surface area contributed by atoms with E-state index in [1.807, 2.05) is 36.4 Å². The van der Waals surface area contributed by atoms with Gasteiger partial charge in [0, 0.05) is 17.7 Å². The molecular formula is C23H23N5O2S. The van der Waals surface area contributed by atoms with Crippen molar-refractivity contribution in [3.05, 3.63) is 71.8 Å². The molecule has 0 bridgehead atoms. The Morgan fingerprint density at radius 3 is 2.65 bits per heavy atom. The van der Waals surface area contributed by atoms with Crippen LogP contribution in [0.15, 0.2) is 65.8 Å². The number of aromatic nitrogens is 4. The van der Waals surface area contributed by atoms with E-state index in [0.717, 1.165) is 29.0 Å². The maximum Gasteiger partial charge on any atom is 0.230 e. The van der Waals surface area contributed by atoms with E-state index in [9.17, 15) is 4.79 Å². The Morgan fingerprint density at radius 2 is 1.87 bits per heavy atom. The molecule has 0 spiro atoms. The van der Waals surface area contributed by atoms with Crippen LogP contribution in [-0.2, 0) is 17.8 Å². The fourth-order valence-corrected chi connectivity index (χ4v) is 3.87. The quantitative estimate of drug-likeness (QED) is 0.426. The summed E-state index contributed by atoms with van der Waals surface area (Å²) in [6.45, 7) is 2.53. The van der Waals surface area contributed by atoms with Crippen molar-refractivity contribution >= 4 is 23.3 Å². The highest BCUT2D eigenvalue weighted by Gasteiger charge is 2.12. The second kappa shape index (κ2) is 9.61. The zero-order valence-electron chi connectivity index (χ0n) is 17.4. The van der Waals surface area contributed by atoms with Gasteiger partial charge in [0.1, 0.15) is 5.75 Å². The summed E-state index contributed by atoms with van der Waals surface area (Å²) in [5.74, 6) is 0.870. The lowest BCUT2D eigenvalue weighted by atomic mass is 10.1. The molecule has 0 saturated carbocycles. The van der Waals surface area contributed by atoms with Crippen LogP contribution in [0.4, 0.5) is 0 Å². The number of methoxy groups -OCH3 is 1. The molecule has 0 radical (unpaired) electrons. The number of nitrogens with zero attached hydrogens (tertiary/aromatic N) is 4. The highest BCUT2D eigenvalue weighted by Crippen LogP contribution is 2.21. The highest BCUT2D eigenvalue weighted by atomic mass is 32.2. The first-order valence-electron chi connectivity index (χ1n) is 10.0. The molecule has 158 valence electrons. The SMILES string of the molecule is CCc1ccc(-c2ccc3nnc(SCC(=O)NCc4ccccc4OC)n3n2)cc1. The number of nitrogens with one attached hydrogen (secondary N) is 1. The van der Waals surface area contributed by atoms with Gasteiger partial charge < -0.3 is 10.1 Å². The normalized spacial score (nSPS) is 10.9. The number of amides is 1. The molecule has 0 unspecified atom stereocenters. The van der Waals surface area contributed by atoms with Gasteiger partial charge >= 0.3 is 0 Å². The van der Waals surface area contributed by atoms with Crippen LogP contribution in [0.2, 0.25) is 0 Å². The topological polar surface area (TPSA) is 81.4 Å². The molecule has 2 aromatic carbocycles. The van der Waals surface area contributed by atoms with Crippen molar-refractivity contribution in [2.75, 3.05) is 12.9 Å². The number of hydrogen-bond acceptors (Lipinski definition) is 6. The lowest BCUT2D eigenvalue weighted by Gasteiger charge is -2.09. The van der Waals surface area contributed by atoms with E-state index >= 15 is 0 Å². The summed E-state index contributed by atoms with van der Waals surface area (Å²) in [4.78, 5) is 12.3. The summed E-state index contributed by atoms with van der Waals surface area (Å²) in [6.07, 6.45) is 0.998. The Hall–Kier alpha value is -3.39. The molecule has 0 aliphatic heterocycles. The van der Waals surface area contributed by atoms with Crippen molar-refractivity contribution in [3.8, 4) is 17.0 Å². The van der Waals surface area contributed by atoms with E-state index in [2.05, 4.69) is 51.8 Å². The molecule has 31 heavy (non-hydrogen) atoms. The Bertz CT molecular complexity index is 1190. The predicted molar refractivity (Wildman–Crippen MR) is 121 cm³/mol. The zero-order chi connectivity index (χ0) is 21.6. The molecule has 1 amide bonds. The summed E-state index contributed by atoms with van der Waals surface area (Å²) in [5.41, 5.74) is 4.71. The molecule has 2 heterocycles. The van der Waals surface area contributed by atoms with Gasteiger partial charge in [-0.15, -0.1) is 10.2 Å². The van der Waals surface area contributed by atoms with E-state index < -0.39 is 0 Å². The van der Waals surface area contributed by atoms with Crippen molar-refractivity contribution in [3.63, 3.8) is 0 Å². The second-order valence-electron chi connectivity index (χ2n) is 6.90. The minimum absolute atomic E-state index is 0.0982. The Morgan fingerprint density at radius 1 is 1.06 bits per heavy atom. The fourth-order valence-electron chi connectivity index (χ4n) is 3.15. The predicted octanol–water partition coefficient (Wildman–Crippen LogP) is 3.77. The van der Waals surface area contributed by atoms with E-state index in [1.54, 1.807) is 11.6 Å². The molecule has 0 aliphatic rings. The van der Waals surface area contributed by atoms with Gasteiger partial charge in [-0.2, -0.15) is 9.61 Å². The van der Waals surface area contributed by atoms with E-state index in [1.165, 1.54) is 17.3 Å². The van der Waals surface area contributed by atoms with Gasteiger partial charge in [-0.25, -0.2) is 0 Å². The van der Waals surface area contributed by atoms with Crippen LogP contribution < -0.4 is 10.1 Å². The van der Waals surface area contributed by atoms with Crippen molar-refractivity contribution in [2.45, 2.75) is 25.0 Å². The summed E-state index contributed by atoms with van der Waals surface area (Å²) >= 11 is 1.30. The molecule has 0 atom stereocenters. The standard InChI is InChI=1S/C23H23N5O2S/c1-3-16-8-10-17(11-9-16)19-12-13-21-25-26-23(28(21)27-19)31-15-22(29)24-14-18-6-4-5-7-20(18)30-2/h4-13H,3,14-15H2,1-2H3,(H,24,29). The van der Waals surface area contributed by atoms with E-state index in [0.29, 0.717) is 17.3 Å². The number of carbonyl (C=O) groups is 1. The molecule has 0 fully saturated rings. The Balaban J connectivity index is 1.42. The average molecular weight is 434 g/mol. The third kappa shape index (κ3) is 4.86. The van der Waals surface area contributed by atoms with E-state index in [4.69, 9.17) is 4.74 Å². The fraction of sp³-hybridized carbons (Fsp3) is 0.217. The van der Waals surface area contributed by atoms with Crippen LogP contribution in [0.25, 0.3) is 16.9 Å². The van der Waals surface area contributed by atoms with Gasteiger partial charge in [-0.3, -0.25) is 4.79 Å². The Kier molecular flexibility index (Phi) is 6.47. The highest BCUT2D eigenvalue weighted by molar-refractivity contribution is 7.99. The number of carbonyl (C=O) groups excluding carboxylic acids is 1. The average Bonchev–Trinajstić information content (AvgIpc) is 3.23. The number of aryl methyl sites for hydroxylation is 1. The molecule has 4 rings (SSSR count). The van der Waals surface area contributed by atoms with Gasteiger partial charge in [0.2, 0.25) is 11.1 Å². The molecule has 7 nitrogen and oxygen atoms in total. The molecule has 0 saturated heterocycles. The van der Waals surface area contributed by atoms with Crippen LogP contribution in [0.1, 0.15) is 18.1 Å². The minimum atomic E-state index is -0.0982. The molecule has 0 aliphatic carbocycles. The maximum absolute atomic E-state index is 12.3. The first-order chi connectivity index (χ1) is 15.2. The van der Waals surface area contributed by atoms with Crippen LogP contribution in [0.3, 0.4) is 0 Å². The van der Waals surface area contributed by atoms with Crippen molar-refractivity contribution in [1.82, 2.24) is 25.1 Å². The number of thioether (sulfide) groups is 1. The van der Waals surface area contributed by atoms with Crippen LogP contribution >= 0.6 is 11.8 Å². The summed E-state index contributed by atoms with van der Waals surface area (Å²) in [7, 11) is 1.62. The van der Waals surface area contributed by atoms with Crippen molar-refractivity contribution in [1.29, 1.82) is 0 Å². The van der Waals surface area contributed by atoms with Gasteiger partial charge in [0.15, 0.2) is 5.65 Å². The number of benzene rings is 2. The summed E-state index contributed by atoms with van der Waals surface area (Å²) in [5, 5.41) is 16.5. The van der Waals surface area contributed by atoms with Crippen molar-refractivity contribution < 1.29 is 9.53 Å². The first kappa shape index (κ1) is 20.9. The largest absolute Gasteiger partial charge is 0.496 e. The summed E-state index contributed by atoms with van der Waals surface area (Å²) in [6, 6.07) is 19.8. The van der Waals surface area contributed by atoms with E-state index in [-0.39, 0.29) is 11.7 Å². The molecule has 4 aromatic rings.